The molecule has 0 saturated carbocycles. The summed E-state index contributed by atoms with van der Waals surface area (Å²) in [6.45, 7) is 9.20. The molecule has 6 nitrogen and oxygen atoms in total. The van der Waals surface area contributed by atoms with Crippen molar-refractivity contribution in [2.45, 2.75) is 58.5 Å². The van der Waals surface area contributed by atoms with Crippen molar-refractivity contribution in [2.24, 2.45) is 0 Å². The minimum Gasteiger partial charge on any atom is -0.399 e. The summed E-state index contributed by atoms with van der Waals surface area (Å²) in [6, 6.07) is 10.9. The zero-order valence-electron chi connectivity index (χ0n) is 19.4. The predicted octanol–water partition coefficient (Wildman–Crippen LogP) is 3.53. The summed E-state index contributed by atoms with van der Waals surface area (Å²) in [6.07, 6.45) is -1.47. The van der Waals surface area contributed by atoms with Crippen LogP contribution in [-0.2, 0) is 25.4 Å². The number of hydrogen-bond donors (Lipinski definition) is 1. The van der Waals surface area contributed by atoms with Gasteiger partial charge in [-0.1, -0.05) is 12.1 Å². The Balaban J connectivity index is 1.81. The van der Waals surface area contributed by atoms with Crippen molar-refractivity contribution in [1.82, 2.24) is 5.32 Å². The summed E-state index contributed by atoms with van der Waals surface area (Å²) < 4.78 is 47.3. The Morgan fingerprint density at radius 3 is 2.15 bits per heavy atom. The van der Waals surface area contributed by atoms with E-state index in [1.807, 2.05) is 33.8 Å². The van der Waals surface area contributed by atoms with Crippen molar-refractivity contribution < 1.29 is 27.6 Å². The lowest BCUT2D eigenvalue weighted by Crippen LogP contribution is -2.41. The van der Waals surface area contributed by atoms with Gasteiger partial charge >= 0.3 is 7.12 Å². The normalized spacial score (nSPS) is 17.5. The molecule has 33 heavy (non-hydrogen) atoms. The molecule has 0 spiro atoms. The highest BCUT2D eigenvalue weighted by Gasteiger charge is 2.52. The number of carbonyl (C=O) groups is 1. The van der Waals surface area contributed by atoms with Crippen molar-refractivity contribution in [2.75, 3.05) is 6.61 Å². The van der Waals surface area contributed by atoms with Gasteiger partial charge in [0.05, 0.1) is 28.4 Å². The Morgan fingerprint density at radius 1 is 1.12 bits per heavy atom. The highest BCUT2D eigenvalue weighted by atomic mass is 19.1. The fourth-order valence-corrected chi connectivity index (χ4v) is 3.41. The molecule has 1 amide bonds. The summed E-state index contributed by atoms with van der Waals surface area (Å²) in [5.74, 6) is -2.53. The molecule has 3 rings (SSSR count). The molecule has 0 aromatic heterocycles. The summed E-state index contributed by atoms with van der Waals surface area (Å²) in [7, 11) is -0.941. The van der Waals surface area contributed by atoms with E-state index in [9.17, 15) is 4.79 Å². The number of amides is 1. The number of nitrogens with one attached hydrogen (secondary N) is 1. The van der Waals surface area contributed by atoms with E-state index in [-0.39, 0.29) is 18.6 Å². The molecule has 9 heteroatoms. The third-order valence-electron chi connectivity index (χ3n) is 6.01. The first-order chi connectivity index (χ1) is 15.5. The Morgan fingerprint density at radius 2 is 1.67 bits per heavy atom. The molecule has 0 unspecified atom stereocenters. The molecule has 0 aliphatic carbocycles. The van der Waals surface area contributed by atoms with Crippen LogP contribution in [0.3, 0.4) is 0 Å². The number of carbonyl (C=O) groups excluding carboxylic acids is 1. The predicted molar refractivity (Wildman–Crippen MR) is 119 cm³/mol. The van der Waals surface area contributed by atoms with Gasteiger partial charge in [0, 0.05) is 13.2 Å². The molecule has 1 atom stereocenters. The van der Waals surface area contributed by atoms with Crippen LogP contribution in [0, 0.1) is 23.0 Å². The Bertz CT molecular complexity index is 1030. The highest BCUT2D eigenvalue weighted by molar-refractivity contribution is 6.62. The number of halogens is 2. The minimum absolute atomic E-state index is 0.0762. The third kappa shape index (κ3) is 5.24. The van der Waals surface area contributed by atoms with E-state index in [4.69, 9.17) is 19.3 Å². The van der Waals surface area contributed by atoms with Crippen LogP contribution in [0.2, 0.25) is 0 Å². The molecule has 2 aromatic carbocycles. The fraction of sp³-hybridized carbons (Fsp3) is 0.417. The lowest BCUT2D eigenvalue weighted by atomic mass is 9.78. The zero-order chi connectivity index (χ0) is 24.4. The average Bonchev–Trinajstić information content (AvgIpc) is 2.98. The summed E-state index contributed by atoms with van der Waals surface area (Å²) in [4.78, 5) is 12.8. The van der Waals surface area contributed by atoms with Crippen LogP contribution in [0.1, 0.15) is 57.4 Å². The van der Waals surface area contributed by atoms with Crippen LogP contribution in [0.5, 0.6) is 0 Å². The Kier molecular flexibility index (Phi) is 7.22. The molecule has 1 N–H and O–H groups in total. The first-order valence-electron chi connectivity index (χ1n) is 10.7. The van der Waals surface area contributed by atoms with Gasteiger partial charge in [-0.05, 0) is 69.9 Å². The average molecular weight is 456 g/mol. The van der Waals surface area contributed by atoms with Crippen LogP contribution >= 0.6 is 0 Å². The minimum atomic E-state index is -1.47. The molecule has 1 heterocycles. The molecule has 1 aliphatic rings. The summed E-state index contributed by atoms with van der Waals surface area (Å²) >= 11 is 0. The van der Waals surface area contributed by atoms with Gasteiger partial charge in [0.1, 0.15) is 11.6 Å². The van der Waals surface area contributed by atoms with Gasteiger partial charge in [0.15, 0.2) is 6.10 Å². The van der Waals surface area contributed by atoms with Gasteiger partial charge in [-0.25, -0.2) is 8.78 Å². The first kappa shape index (κ1) is 24.8. The lowest BCUT2D eigenvalue weighted by Gasteiger charge is -2.32. The standard InChI is InChI=1S/C24H27BF2N2O4/c1-6-31-21(22(30)29-14-16-9-7-15(13-28)8-10-16)20-18(26)11-17(12-19(20)27)25-32-23(2,3)24(4,5)33-25/h7-12,21H,6,14H2,1-5H3,(H,29,30)/t21-/m0/s1. The van der Waals surface area contributed by atoms with Crippen LogP contribution in [0.25, 0.3) is 0 Å². The molecule has 1 aliphatic heterocycles. The number of benzene rings is 2. The lowest BCUT2D eigenvalue weighted by molar-refractivity contribution is -0.133. The van der Waals surface area contributed by atoms with Gasteiger partial charge in [-0.15, -0.1) is 0 Å². The van der Waals surface area contributed by atoms with Gasteiger partial charge < -0.3 is 19.4 Å². The van der Waals surface area contributed by atoms with Crippen molar-refractivity contribution >= 4 is 18.5 Å². The second-order valence-corrected chi connectivity index (χ2v) is 8.85. The van der Waals surface area contributed by atoms with E-state index in [1.165, 1.54) is 0 Å². The Hall–Kier alpha value is -2.80. The Labute approximate surface area is 193 Å². The van der Waals surface area contributed by atoms with Crippen molar-refractivity contribution in [3.8, 4) is 6.07 Å². The second-order valence-electron chi connectivity index (χ2n) is 8.85. The van der Waals surface area contributed by atoms with Crippen molar-refractivity contribution in [3.63, 3.8) is 0 Å². The van der Waals surface area contributed by atoms with Gasteiger partial charge in [0.25, 0.3) is 5.91 Å². The number of nitrogens with zero attached hydrogens (tertiary/aromatic N) is 1. The SMILES string of the molecule is CCO[C@H](C(=O)NCc1ccc(C#N)cc1)c1c(F)cc(B2OC(C)(C)C(C)(C)O2)cc1F. The van der Waals surface area contributed by atoms with Gasteiger partial charge in [0.2, 0.25) is 0 Å². The largest absolute Gasteiger partial charge is 0.495 e. The maximum absolute atomic E-state index is 15.1. The maximum Gasteiger partial charge on any atom is 0.495 e. The molecule has 2 aromatic rings. The monoisotopic (exact) mass is 456 g/mol. The fourth-order valence-electron chi connectivity index (χ4n) is 3.41. The molecule has 1 saturated heterocycles. The number of nitriles is 1. The highest BCUT2D eigenvalue weighted by Crippen LogP contribution is 2.37. The number of hydrogen-bond acceptors (Lipinski definition) is 5. The molecule has 0 radical (unpaired) electrons. The van der Waals surface area contributed by atoms with Crippen LogP contribution in [-0.4, -0.2) is 30.8 Å². The van der Waals surface area contributed by atoms with E-state index >= 15 is 8.78 Å². The molecular formula is C24H27BF2N2O4. The van der Waals surface area contributed by atoms with Gasteiger partial charge in [-0.2, -0.15) is 5.26 Å². The quantitative estimate of drug-likeness (QED) is 0.645. The van der Waals surface area contributed by atoms with Crippen molar-refractivity contribution in [3.05, 3.63) is 64.7 Å². The smallest absolute Gasteiger partial charge is 0.399 e. The molecule has 1 fully saturated rings. The summed E-state index contributed by atoms with van der Waals surface area (Å²) in [5.41, 5.74) is -0.404. The molecule has 0 bridgehead atoms. The third-order valence-corrected chi connectivity index (χ3v) is 6.01. The summed E-state index contributed by atoms with van der Waals surface area (Å²) in [5, 5.41) is 11.5. The van der Waals surface area contributed by atoms with Gasteiger partial charge in [-0.3, -0.25) is 4.79 Å². The zero-order valence-corrected chi connectivity index (χ0v) is 19.4. The molecule has 174 valence electrons. The van der Waals surface area contributed by atoms with Crippen LogP contribution in [0.4, 0.5) is 8.78 Å². The van der Waals surface area contributed by atoms with E-state index in [0.717, 1.165) is 17.7 Å². The first-order valence-corrected chi connectivity index (χ1v) is 10.7. The van der Waals surface area contributed by atoms with E-state index in [2.05, 4.69) is 5.32 Å². The molecular weight excluding hydrogens is 429 g/mol. The van der Waals surface area contributed by atoms with Crippen molar-refractivity contribution in [1.29, 1.82) is 5.26 Å². The van der Waals surface area contributed by atoms with E-state index in [0.29, 0.717) is 5.56 Å². The second kappa shape index (κ2) is 9.60. The van der Waals surface area contributed by atoms with Crippen LogP contribution in [0.15, 0.2) is 36.4 Å². The maximum atomic E-state index is 15.1. The van der Waals surface area contributed by atoms with E-state index in [1.54, 1.807) is 31.2 Å². The van der Waals surface area contributed by atoms with E-state index < -0.39 is 47.5 Å². The van der Waals surface area contributed by atoms with Crippen LogP contribution < -0.4 is 10.8 Å². The number of rotatable bonds is 7. The topological polar surface area (TPSA) is 80.6 Å². The number of ether oxygens (including phenoxy) is 1.